The van der Waals surface area contributed by atoms with E-state index in [0.717, 1.165) is 67.8 Å². The zero-order valence-electron chi connectivity index (χ0n) is 33.8. The average Bonchev–Trinajstić information content (AvgIpc) is 3.28. The van der Waals surface area contributed by atoms with Crippen LogP contribution >= 0.6 is 0 Å². The largest absolute Gasteiger partial charge is 0.506 e. The van der Waals surface area contributed by atoms with Gasteiger partial charge in [-0.3, -0.25) is 14.5 Å². The number of aromatic hydroxyl groups is 1. The number of pyridine rings is 1. The van der Waals surface area contributed by atoms with Gasteiger partial charge in [0.15, 0.2) is 0 Å². The number of H-pyrrole nitrogens is 1. The number of carbonyl (C=O) groups excluding carboxylic acids is 2. The van der Waals surface area contributed by atoms with Gasteiger partial charge in [-0.15, -0.1) is 0 Å². The van der Waals surface area contributed by atoms with Gasteiger partial charge in [0.2, 0.25) is 5.56 Å². The van der Waals surface area contributed by atoms with Crippen LogP contribution in [0.25, 0.3) is 10.9 Å². The molecule has 13 heteroatoms. The fraction of sp³-hybridized carbons (Fsp3) is 0.383. The summed E-state index contributed by atoms with van der Waals surface area (Å²) in [4.78, 5) is 45.6. The van der Waals surface area contributed by atoms with Crippen molar-refractivity contribution >= 4 is 22.9 Å². The molecule has 5 aromatic rings. The third kappa shape index (κ3) is 9.44. The number of nitrogens with zero attached hydrogens (tertiary/aromatic N) is 2. The molecule has 0 radical (unpaired) electrons. The van der Waals surface area contributed by atoms with E-state index in [1.165, 1.54) is 12.1 Å². The fourth-order valence-corrected chi connectivity index (χ4v) is 8.85. The molecule has 0 aliphatic carbocycles. The van der Waals surface area contributed by atoms with E-state index >= 15 is 0 Å². The van der Waals surface area contributed by atoms with Crippen LogP contribution in [0, 0.1) is 11.8 Å². The van der Waals surface area contributed by atoms with Crippen molar-refractivity contribution in [2.24, 2.45) is 11.8 Å². The normalized spacial score (nSPS) is 20.0. The number of piperidine rings is 4. The number of carbonyl (C=O) groups is 2. The molecule has 5 heterocycles. The number of fused-ring (bicyclic) bond motifs is 4. The van der Waals surface area contributed by atoms with Crippen LogP contribution < -0.4 is 25.7 Å². The summed E-state index contributed by atoms with van der Waals surface area (Å²) in [6.07, 6.45) is 2.36. The lowest BCUT2D eigenvalue weighted by Crippen LogP contribution is -2.52. The van der Waals surface area contributed by atoms with Gasteiger partial charge >= 0.3 is 6.09 Å². The number of aliphatic hydroxyl groups excluding tert-OH is 1. The first-order valence-electron chi connectivity index (χ1n) is 20.9. The monoisotopic (exact) mass is 815 g/mol. The molecule has 314 valence electrons. The van der Waals surface area contributed by atoms with Crippen LogP contribution in [0.15, 0.2) is 102 Å². The Morgan fingerprint density at radius 2 is 1.67 bits per heavy atom. The molecular weight excluding hydrogens is 763 g/mol. The van der Waals surface area contributed by atoms with Gasteiger partial charge in [-0.2, -0.15) is 0 Å². The summed E-state index contributed by atoms with van der Waals surface area (Å²) in [7, 11) is 1.57. The van der Waals surface area contributed by atoms with Gasteiger partial charge in [0.05, 0.1) is 31.4 Å². The first-order chi connectivity index (χ1) is 29.2. The maximum atomic E-state index is 13.6. The molecule has 4 fully saturated rings. The second-order valence-electron chi connectivity index (χ2n) is 16.1. The Kier molecular flexibility index (Phi) is 12.7. The highest BCUT2D eigenvalue weighted by Gasteiger charge is 2.37. The molecule has 5 N–H and O–H groups in total. The number of aromatic nitrogens is 1. The van der Waals surface area contributed by atoms with E-state index in [-0.39, 0.29) is 41.3 Å². The van der Waals surface area contributed by atoms with Crippen molar-refractivity contribution in [2.75, 3.05) is 53.0 Å². The number of likely N-dealkylation sites (tertiary alicyclic amines) is 1. The molecule has 0 spiro atoms. The lowest BCUT2D eigenvalue weighted by molar-refractivity contribution is -0.0336. The minimum absolute atomic E-state index is 0.0565. The standard InChI is InChI=1S/C47H53N5O8/c1-58-41-25-34(10-11-35(41)26-48-27-40(54)37-12-14-39(53)45-38(37)13-15-43(55)49-45)46(56)52-22-16-30(17-23-52)29-59-36-9-5-8-33(24-36)44(32-6-3-2-4-7-32)50-47(57)60-42-28-51-20-18-31(42)19-21-51/h2-15,24-25,30-31,40,42,44,48,53-54H,16-23,26-29H2,1H3,(H,49,55)(H,50,57)/t40-,42-,44-/m0/s1. The summed E-state index contributed by atoms with van der Waals surface area (Å²) in [5, 5.41) is 28.1. The summed E-state index contributed by atoms with van der Waals surface area (Å²) < 4.78 is 18.0. The molecule has 4 aliphatic heterocycles. The van der Waals surface area contributed by atoms with Crippen LogP contribution in [0.4, 0.5) is 4.79 Å². The number of phenolic OH excluding ortho intramolecular Hbond substituents is 1. The van der Waals surface area contributed by atoms with E-state index in [4.69, 9.17) is 14.2 Å². The van der Waals surface area contributed by atoms with Gasteiger partial charge in [-0.1, -0.05) is 54.6 Å². The summed E-state index contributed by atoms with van der Waals surface area (Å²) in [5.41, 5.74) is 3.75. The highest BCUT2D eigenvalue weighted by molar-refractivity contribution is 5.95. The number of aliphatic hydroxyl groups is 1. The van der Waals surface area contributed by atoms with Gasteiger partial charge < -0.3 is 44.9 Å². The number of ether oxygens (including phenoxy) is 3. The van der Waals surface area contributed by atoms with Crippen LogP contribution in [0.5, 0.6) is 17.2 Å². The number of methoxy groups -OCH3 is 1. The van der Waals surface area contributed by atoms with E-state index in [0.29, 0.717) is 54.4 Å². The highest BCUT2D eigenvalue weighted by atomic mass is 16.6. The Hall–Kier alpha value is -5.89. The minimum Gasteiger partial charge on any atom is -0.506 e. The van der Waals surface area contributed by atoms with E-state index in [2.05, 4.69) is 20.5 Å². The van der Waals surface area contributed by atoms with Crippen molar-refractivity contribution in [3.63, 3.8) is 0 Å². The molecule has 4 aliphatic rings. The van der Waals surface area contributed by atoms with Crippen LogP contribution in [0.2, 0.25) is 0 Å². The van der Waals surface area contributed by atoms with E-state index in [1.54, 1.807) is 31.4 Å². The molecule has 0 unspecified atom stereocenters. The molecule has 2 bridgehead atoms. The van der Waals surface area contributed by atoms with Crippen LogP contribution in [-0.2, 0) is 11.3 Å². The predicted octanol–water partition coefficient (Wildman–Crippen LogP) is 5.91. The summed E-state index contributed by atoms with van der Waals surface area (Å²) >= 11 is 0. The summed E-state index contributed by atoms with van der Waals surface area (Å²) in [6.45, 7) is 5.28. The van der Waals surface area contributed by atoms with Crippen molar-refractivity contribution in [1.29, 1.82) is 0 Å². The Bertz CT molecular complexity index is 2340. The topological polar surface area (TPSA) is 166 Å². The summed E-state index contributed by atoms with van der Waals surface area (Å²) in [5.74, 6) is 1.87. The smallest absolute Gasteiger partial charge is 0.408 e. The number of phenols is 1. The molecule has 4 aromatic carbocycles. The zero-order chi connectivity index (χ0) is 41.6. The van der Waals surface area contributed by atoms with Crippen molar-refractivity contribution in [2.45, 2.75) is 50.5 Å². The number of rotatable bonds is 14. The molecule has 13 nitrogen and oxygen atoms in total. The minimum atomic E-state index is -0.907. The molecule has 60 heavy (non-hydrogen) atoms. The average molecular weight is 816 g/mol. The maximum Gasteiger partial charge on any atom is 0.408 e. The van der Waals surface area contributed by atoms with Crippen molar-refractivity contribution in [3.8, 4) is 17.2 Å². The molecule has 4 saturated heterocycles. The second kappa shape index (κ2) is 18.6. The maximum absolute atomic E-state index is 13.6. The van der Waals surface area contributed by atoms with Crippen LogP contribution in [0.3, 0.4) is 0 Å². The quantitative estimate of drug-likeness (QED) is 0.0911. The van der Waals surface area contributed by atoms with Gasteiger partial charge in [0.1, 0.15) is 23.4 Å². The van der Waals surface area contributed by atoms with Crippen LogP contribution in [0.1, 0.15) is 70.4 Å². The van der Waals surface area contributed by atoms with E-state index < -0.39 is 18.2 Å². The fourth-order valence-electron chi connectivity index (χ4n) is 8.85. The number of amides is 2. The SMILES string of the molecule is COc1cc(C(=O)N2CCC(COc3cccc([C@@H](NC(=O)O[C@H]4CN5CCC4CC5)c4ccccc4)c3)CC2)ccc1CNC[C@H](O)c1ccc(O)c2[nH]c(=O)ccc12. The van der Waals surface area contributed by atoms with Crippen molar-refractivity contribution in [3.05, 3.63) is 135 Å². The van der Waals surface area contributed by atoms with Crippen molar-refractivity contribution < 1.29 is 34.0 Å². The van der Waals surface area contributed by atoms with Gasteiger partial charge in [0, 0.05) is 55.3 Å². The number of hydrogen-bond donors (Lipinski definition) is 5. The molecule has 0 saturated carbocycles. The molecular formula is C47H53N5O8. The lowest BCUT2D eigenvalue weighted by Gasteiger charge is -2.43. The molecule has 2 amide bonds. The Morgan fingerprint density at radius 1 is 0.883 bits per heavy atom. The Morgan fingerprint density at radius 3 is 2.42 bits per heavy atom. The van der Waals surface area contributed by atoms with Gasteiger partial charge in [-0.05, 0) is 104 Å². The van der Waals surface area contributed by atoms with Gasteiger partial charge in [0.25, 0.3) is 5.91 Å². The zero-order valence-corrected chi connectivity index (χ0v) is 33.8. The number of hydrogen-bond acceptors (Lipinski definition) is 10. The first-order valence-corrected chi connectivity index (χ1v) is 20.9. The van der Waals surface area contributed by atoms with E-state index in [9.17, 15) is 24.6 Å². The first kappa shape index (κ1) is 40.9. The number of aromatic amines is 1. The Labute approximate surface area is 349 Å². The summed E-state index contributed by atoms with van der Waals surface area (Å²) in [6, 6.07) is 28.8. The van der Waals surface area contributed by atoms with E-state index in [1.807, 2.05) is 65.6 Å². The number of benzene rings is 4. The third-order valence-electron chi connectivity index (χ3n) is 12.3. The predicted molar refractivity (Wildman–Crippen MR) is 227 cm³/mol. The van der Waals surface area contributed by atoms with Crippen LogP contribution in [-0.4, -0.2) is 96.1 Å². The molecule has 3 atom stereocenters. The third-order valence-corrected chi connectivity index (χ3v) is 12.3. The van der Waals surface area contributed by atoms with Gasteiger partial charge in [-0.25, -0.2) is 4.79 Å². The lowest BCUT2D eigenvalue weighted by atomic mass is 9.86. The second-order valence-corrected chi connectivity index (χ2v) is 16.1. The number of alkyl carbamates (subject to hydrolysis) is 1. The molecule has 9 rings (SSSR count). The number of nitrogens with one attached hydrogen (secondary N) is 3. The van der Waals surface area contributed by atoms with Crippen molar-refractivity contribution in [1.82, 2.24) is 25.4 Å². The molecule has 1 aromatic heterocycles. The highest BCUT2D eigenvalue weighted by Crippen LogP contribution is 2.32. The Balaban J connectivity index is 0.825.